The van der Waals surface area contributed by atoms with Gasteiger partial charge in [0.25, 0.3) is 0 Å². The Morgan fingerprint density at radius 1 is 1.13 bits per heavy atom. The van der Waals surface area contributed by atoms with E-state index in [1.54, 1.807) is 30.5 Å². The van der Waals surface area contributed by atoms with Crippen LogP contribution in [0.15, 0.2) is 58.9 Å². The molecule has 0 saturated carbocycles. The number of nitrogens with one attached hydrogen (secondary N) is 2. The maximum atomic E-state index is 12.7. The third-order valence-corrected chi connectivity index (χ3v) is 5.10. The monoisotopic (exact) mass is 432 g/mol. The molecular formula is C21H22F2N4O2S. The quantitative estimate of drug-likeness (QED) is 0.411. The van der Waals surface area contributed by atoms with Gasteiger partial charge in [0.15, 0.2) is 5.96 Å². The predicted octanol–water partition coefficient (Wildman–Crippen LogP) is 4.29. The number of hydrogen-bond acceptors (Lipinski definition) is 5. The van der Waals surface area contributed by atoms with Crippen LogP contribution in [0.5, 0.6) is 11.5 Å². The first-order chi connectivity index (χ1) is 14.6. The highest BCUT2D eigenvalue weighted by molar-refractivity contribution is 7.13. The van der Waals surface area contributed by atoms with Gasteiger partial charge in [-0.15, -0.1) is 11.3 Å². The van der Waals surface area contributed by atoms with Gasteiger partial charge >= 0.3 is 6.61 Å². The van der Waals surface area contributed by atoms with E-state index in [0.29, 0.717) is 23.8 Å². The summed E-state index contributed by atoms with van der Waals surface area (Å²) < 4.78 is 35.1. The standard InChI is InChI=1S/C21H22F2N4O2S/c1-24-21(25-11-15-10-17(28-2)8-9-18(15)29-20(22)23)26-12-16-13-30-19(27-16)14-6-4-3-5-7-14/h3-10,13,20H,11-12H2,1-2H3,(H2,24,25,26). The molecule has 0 amide bonds. The van der Waals surface area contributed by atoms with Crippen molar-refractivity contribution in [1.29, 1.82) is 0 Å². The number of aliphatic imine (C=N–C) groups is 1. The van der Waals surface area contributed by atoms with Gasteiger partial charge in [-0.3, -0.25) is 4.99 Å². The van der Waals surface area contributed by atoms with Crippen molar-refractivity contribution in [2.45, 2.75) is 19.7 Å². The highest BCUT2D eigenvalue weighted by atomic mass is 32.1. The molecule has 2 N–H and O–H groups in total. The Kier molecular flexibility index (Phi) is 7.56. The Morgan fingerprint density at radius 2 is 1.90 bits per heavy atom. The van der Waals surface area contributed by atoms with Crippen LogP contribution < -0.4 is 20.1 Å². The first kappa shape index (κ1) is 21.5. The van der Waals surface area contributed by atoms with Gasteiger partial charge in [0, 0.05) is 30.1 Å². The lowest BCUT2D eigenvalue weighted by atomic mass is 10.2. The SMILES string of the molecule is CN=C(NCc1csc(-c2ccccc2)n1)NCc1cc(OC)ccc1OC(F)F. The van der Waals surface area contributed by atoms with E-state index >= 15 is 0 Å². The molecule has 1 aromatic heterocycles. The largest absolute Gasteiger partial charge is 0.497 e. The molecule has 0 radical (unpaired) electrons. The number of rotatable bonds is 8. The minimum Gasteiger partial charge on any atom is -0.497 e. The number of guanidine groups is 1. The number of hydrogen-bond donors (Lipinski definition) is 2. The second-order valence-corrected chi connectivity index (χ2v) is 7.00. The van der Waals surface area contributed by atoms with E-state index in [4.69, 9.17) is 4.74 Å². The summed E-state index contributed by atoms with van der Waals surface area (Å²) in [5.41, 5.74) is 2.48. The fourth-order valence-corrected chi connectivity index (χ4v) is 3.53. The lowest BCUT2D eigenvalue weighted by Gasteiger charge is -2.15. The van der Waals surface area contributed by atoms with Gasteiger partial charge in [-0.1, -0.05) is 30.3 Å². The summed E-state index contributed by atoms with van der Waals surface area (Å²) in [6, 6.07) is 14.6. The number of alkyl halides is 2. The maximum absolute atomic E-state index is 12.7. The second-order valence-electron chi connectivity index (χ2n) is 6.14. The van der Waals surface area contributed by atoms with Crippen LogP contribution in [0, 0.1) is 0 Å². The summed E-state index contributed by atoms with van der Waals surface area (Å²) in [6.07, 6.45) is 0. The zero-order valence-corrected chi connectivity index (χ0v) is 17.4. The minimum atomic E-state index is -2.90. The Morgan fingerprint density at radius 3 is 2.60 bits per heavy atom. The van der Waals surface area contributed by atoms with Gasteiger partial charge in [-0.05, 0) is 18.2 Å². The van der Waals surface area contributed by atoms with Crippen molar-refractivity contribution in [3.05, 3.63) is 65.2 Å². The molecule has 0 unspecified atom stereocenters. The fourth-order valence-electron chi connectivity index (χ4n) is 2.71. The molecular weight excluding hydrogens is 410 g/mol. The molecule has 3 aromatic rings. The molecule has 0 atom stereocenters. The maximum Gasteiger partial charge on any atom is 0.387 e. The molecule has 2 aromatic carbocycles. The highest BCUT2D eigenvalue weighted by Crippen LogP contribution is 2.26. The van der Waals surface area contributed by atoms with E-state index < -0.39 is 6.61 Å². The van der Waals surface area contributed by atoms with Crippen molar-refractivity contribution in [1.82, 2.24) is 15.6 Å². The molecule has 0 fully saturated rings. The number of aromatic nitrogens is 1. The Hall–Kier alpha value is -3.20. The molecule has 3 rings (SSSR count). The van der Waals surface area contributed by atoms with Crippen molar-refractivity contribution in [3.8, 4) is 22.1 Å². The molecule has 6 nitrogen and oxygen atoms in total. The first-order valence-electron chi connectivity index (χ1n) is 9.15. The average Bonchev–Trinajstić information content (AvgIpc) is 3.24. The van der Waals surface area contributed by atoms with Gasteiger partial charge in [0.2, 0.25) is 0 Å². The third kappa shape index (κ3) is 5.90. The molecule has 0 spiro atoms. The van der Waals surface area contributed by atoms with E-state index in [0.717, 1.165) is 16.3 Å². The summed E-state index contributed by atoms with van der Waals surface area (Å²) >= 11 is 1.57. The normalized spacial score (nSPS) is 11.4. The fraction of sp³-hybridized carbons (Fsp3) is 0.238. The second kappa shape index (κ2) is 10.5. The van der Waals surface area contributed by atoms with Gasteiger partial charge in [0.05, 0.1) is 19.3 Å². The van der Waals surface area contributed by atoms with Crippen LogP contribution in [0.3, 0.4) is 0 Å². The van der Waals surface area contributed by atoms with Crippen molar-refractivity contribution >= 4 is 17.3 Å². The van der Waals surface area contributed by atoms with Crippen LogP contribution in [-0.2, 0) is 13.1 Å². The summed E-state index contributed by atoms with van der Waals surface area (Å²) in [7, 11) is 3.14. The summed E-state index contributed by atoms with van der Waals surface area (Å²) in [5.74, 6) is 1.14. The Bertz CT molecular complexity index is 980. The van der Waals surface area contributed by atoms with Crippen molar-refractivity contribution in [2.75, 3.05) is 14.2 Å². The Labute approximate surface area is 177 Å². The molecule has 1 heterocycles. The number of methoxy groups -OCH3 is 1. The molecule has 0 saturated heterocycles. The van der Waals surface area contributed by atoms with Crippen molar-refractivity contribution < 1.29 is 18.3 Å². The van der Waals surface area contributed by atoms with Crippen LogP contribution in [-0.4, -0.2) is 31.7 Å². The van der Waals surface area contributed by atoms with E-state index in [1.807, 2.05) is 35.7 Å². The van der Waals surface area contributed by atoms with Gasteiger partial charge < -0.3 is 20.1 Å². The Balaban J connectivity index is 1.60. The molecule has 158 valence electrons. The van der Waals surface area contributed by atoms with Crippen LogP contribution in [0.2, 0.25) is 0 Å². The molecule has 9 heteroatoms. The summed E-state index contributed by atoms with van der Waals surface area (Å²) in [4.78, 5) is 8.79. The third-order valence-electron chi connectivity index (χ3n) is 4.16. The first-order valence-corrected chi connectivity index (χ1v) is 10.0. The molecule has 0 aliphatic rings. The van der Waals surface area contributed by atoms with E-state index in [2.05, 4.69) is 25.3 Å². The summed E-state index contributed by atoms with van der Waals surface area (Å²) in [5, 5.41) is 9.20. The highest BCUT2D eigenvalue weighted by Gasteiger charge is 2.12. The van der Waals surface area contributed by atoms with Gasteiger partial charge in [-0.2, -0.15) is 8.78 Å². The lowest BCUT2D eigenvalue weighted by Crippen LogP contribution is -2.36. The molecule has 0 aliphatic heterocycles. The number of nitrogens with zero attached hydrogens (tertiary/aromatic N) is 2. The average molecular weight is 432 g/mol. The smallest absolute Gasteiger partial charge is 0.387 e. The van der Waals surface area contributed by atoms with E-state index in [9.17, 15) is 8.78 Å². The van der Waals surface area contributed by atoms with Crippen molar-refractivity contribution in [3.63, 3.8) is 0 Å². The van der Waals surface area contributed by atoms with Crippen LogP contribution in [0.25, 0.3) is 10.6 Å². The zero-order chi connectivity index (χ0) is 21.3. The zero-order valence-electron chi connectivity index (χ0n) is 16.6. The lowest BCUT2D eigenvalue weighted by molar-refractivity contribution is -0.0504. The summed E-state index contributed by atoms with van der Waals surface area (Å²) in [6.45, 7) is -2.20. The number of thiazole rings is 1. The van der Waals surface area contributed by atoms with Gasteiger partial charge in [-0.25, -0.2) is 4.98 Å². The number of halogens is 2. The molecule has 30 heavy (non-hydrogen) atoms. The van der Waals surface area contributed by atoms with Crippen LogP contribution in [0.4, 0.5) is 8.78 Å². The molecule has 0 aliphatic carbocycles. The van der Waals surface area contributed by atoms with E-state index in [-0.39, 0.29) is 12.3 Å². The van der Waals surface area contributed by atoms with Crippen LogP contribution >= 0.6 is 11.3 Å². The van der Waals surface area contributed by atoms with Crippen LogP contribution in [0.1, 0.15) is 11.3 Å². The van der Waals surface area contributed by atoms with Crippen molar-refractivity contribution in [2.24, 2.45) is 4.99 Å². The molecule has 0 bridgehead atoms. The number of benzene rings is 2. The predicted molar refractivity (Wildman–Crippen MR) is 114 cm³/mol. The minimum absolute atomic E-state index is 0.0840. The van der Waals surface area contributed by atoms with E-state index in [1.165, 1.54) is 13.2 Å². The van der Waals surface area contributed by atoms with Gasteiger partial charge in [0.1, 0.15) is 16.5 Å². The topological polar surface area (TPSA) is 67.8 Å². The number of ether oxygens (including phenoxy) is 2.